The molecule has 0 saturated carbocycles. The maximum Gasteiger partial charge on any atom is 0.319 e. The van der Waals surface area contributed by atoms with Gasteiger partial charge in [0.25, 0.3) is 0 Å². The molecule has 2 unspecified atom stereocenters. The van der Waals surface area contributed by atoms with Gasteiger partial charge in [-0.05, 0) is 52.5 Å². The molecule has 0 aromatic heterocycles. The second kappa shape index (κ2) is 5.70. The standard InChI is InChI=1S/C15H29N3O/c1-11(2)16(5)15(19)18-8-13-6-7-17(12(3)4)9-14(13)10-18/h11-14H,6-10H2,1-5H3. The molecule has 2 amide bonds. The summed E-state index contributed by atoms with van der Waals surface area (Å²) in [7, 11) is 1.91. The van der Waals surface area contributed by atoms with E-state index in [-0.39, 0.29) is 12.1 Å². The van der Waals surface area contributed by atoms with Gasteiger partial charge in [0, 0.05) is 38.8 Å². The van der Waals surface area contributed by atoms with E-state index in [4.69, 9.17) is 0 Å². The number of rotatable bonds is 2. The predicted octanol–water partition coefficient (Wildman–Crippen LogP) is 2.11. The number of carbonyl (C=O) groups excluding carboxylic acids is 1. The van der Waals surface area contributed by atoms with Gasteiger partial charge < -0.3 is 14.7 Å². The summed E-state index contributed by atoms with van der Waals surface area (Å²) >= 11 is 0. The second-order valence-electron chi connectivity index (χ2n) is 6.79. The van der Waals surface area contributed by atoms with E-state index in [9.17, 15) is 4.79 Å². The Balaban J connectivity index is 1.94. The molecule has 0 aromatic rings. The van der Waals surface area contributed by atoms with Gasteiger partial charge in [-0.3, -0.25) is 0 Å². The predicted molar refractivity (Wildman–Crippen MR) is 78.2 cm³/mol. The summed E-state index contributed by atoms with van der Waals surface area (Å²) in [5.41, 5.74) is 0. The Kier molecular flexibility index (Phi) is 4.39. The molecule has 0 bridgehead atoms. The maximum absolute atomic E-state index is 12.4. The molecule has 2 rings (SSSR count). The first-order chi connectivity index (χ1) is 8.90. The third kappa shape index (κ3) is 3.04. The van der Waals surface area contributed by atoms with Crippen LogP contribution in [0.1, 0.15) is 34.1 Å². The third-order valence-corrected chi connectivity index (χ3v) is 4.91. The molecule has 0 N–H and O–H groups in total. The van der Waals surface area contributed by atoms with E-state index in [1.54, 1.807) is 0 Å². The fourth-order valence-corrected chi connectivity index (χ4v) is 3.27. The number of amides is 2. The Morgan fingerprint density at radius 2 is 1.74 bits per heavy atom. The van der Waals surface area contributed by atoms with Crippen LogP contribution in [0.4, 0.5) is 4.79 Å². The molecule has 4 nitrogen and oxygen atoms in total. The lowest BCUT2D eigenvalue weighted by Gasteiger charge is -2.36. The summed E-state index contributed by atoms with van der Waals surface area (Å²) in [6.07, 6.45) is 1.25. The van der Waals surface area contributed by atoms with Gasteiger partial charge in [0.05, 0.1) is 0 Å². The summed E-state index contributed by atoms with van der Waals surface area (Å²) in [4.78, 5) is 18.9. The van der Waals surface area contributed by atoms with Crippen LogP contribution in [0.5, 0.6) is 0 Å². The topological polar surface area (TPSA) is 26.8 Å². The zero-order valence-corrected chi connectivity index (χ0v) is 13.1. The highest BCUT2D eigenvalue weighted by atomic mass is 16.2. The zero-order chi connectivity index (χ0) is 14.2. The molecule has 0 aromatic carbocycles. The van der Waals surface area contributed by atoms with Crippen molar-refractivity contribution in [2.24, 2.45) is 11.8 Å². The van der Waals surface area contributed by atoms with Gasteiger partial charge in [0.15, 0.2) is 0 Å². The van der Waals surface area contributed by atoms with Crippen LogP contribution in [0.15, 0.2) is 0 Å². The van der Waals surface area contributed by atoms with E-state index in [2.05, 4.69) is 37.5 Å². The van der Waals surface area contributed by atoms with Crippen molar-refractivity contribution in [3.63, 3.8) is 0 Å². The quantitative estimate of drug-likeness (QED) is 0.766. The summed E-state index contributed by atoms with van der Waals surface area (Å²) < 4.78 is 0. The SMILES string of the molecule is CC(C)N1CCC2CN(C(=O)N(C)C(C)C)CC2C1. The lowest BCUT2D eigenvalue weighted by molar-refractivity contribution is 0.118. The van der Waals surface area contributed by atoms with Crippen molar-refractivity contribution in [1.29, 1.82) is 0 Å². The lowest BCUT2D eigenvalue weighted by atomic mass is 9.88. The Morgan fingerprint density at radius 1 is 1.11 bits per heavy atom. The monoisotopic (exact) mass is 267 g/mol. The fourth-order valence-electron chi connectivity index (χ4n) is 3.27. The Morgan fingerprint density at radius 3 is 2.32 bits per heavy atom. The fraction of sp³-hybridized carbons (Fsp3) is 0.933. The van der Waals surface area contributed by atoms with Crippen molar-refractivity contribution >= 4 is 6.03 Å². The zero-order valence-electron chi connectivity index (χ0n) is 13.1. The van der Waals surface area contributed by atoms with Crippen molar-refractivity contribution in [1.82, 2.24) is 14.7 Å². The van der Waals surface area contributed by atoms with E-state index < -0.39 is 0 Å². The Labute approximate surface area is 117 Å². The van der Waals surface area contributed by atoms with Gasteiger partial charge in [-0.1, -0.05) is 0 Å². The number of hydrogen-bond acceptors (Lipinski definition) is 2. The molecule has 2 atom stereocenters. The minimum Gasteiger partial charge on any atom is -0.325 e. The van der Waals surface area contributed by atoms with Crippen LogP contribution >= 0.6 is 0 Å². The first-order valence-corrected chi connectivity index (χ1v) is 7.66. The second-order valence-corrected chi connectivity index (χ2v) is 6.79. The van der Waals surface area contributed by atoms with Gasteiger partial charge in [-0.2, -0.15) is 0 Å². The molecule has 2 heterocycles. The number of nitrogens with zero attached hydrogens (tertiary/aromatic N) is 3. The molecule has 2 fully saturated rings. The highest BCUT2D eigenvalue weighted by molar-refractivity contribution is 5.74. The van der Waals surface area contributed by atoms with Gasteiger partial charge in [-0.25, -0.2) is 4.79 Å². The number of piperidine rings is 1. The Bertz CT molecular complexity index is 329. The van der Waals surface area contributed by atoms with Crippen molar-refractivity contribution in [3.05, 3.63) is 0 Å². The van der Waals surface area contributed by atoms with E-state index in [1.807, 2.05) is 11.9 Å². The molecule has 19 heavy (non-hydrogen) atoms. The lowest BCUT2D eigenvalue weighted by Crippen LogP contribution is -2.44. The first kappa shape index (κ1) is 14.6. The molecular weight excluding hydrogens is 238 g/mol. The summed E-state index contributed by atoms with van der Waals surface area (Å²) in [6, 6.07) is 1.12. The number of urea groups is 1. The van der Waals surface area contributed by atoms with Crippen LogP contribution in [0.3, 0.4) is 0 Å². The molecule has 0 spiro atoms. The molecule has 0 aliphatic carbocycles. The molecular formula is C15H29N3O. The molecule has 2 saturated heterocycles. The van der Waals surface area contributed by atoms with Crippen LogP contribution in [-0.2, 0) is 0 Å². The van der Waals surface area contributed by atoms with Gasteiger partial charge in [-0.15, -0.1) is 0 Å². The highest BCUT2D eigenvalue weighted by Gasteiger charge is 2.40. The van der Waals surface area contributed by atoms with Crippen LogP contribution in [0.2, 0.25) is 0 Å². The van der Waals surface area contributed by atoms with Crippen LogP contribution in [0.25, 0.3) is 0 Å². The minimum atomic E-state index is 0.209. The molecule has 2 aliphatic rings. The number of carbonyl (C=O) groups is 1. The van der Waals surface area contributed by atoms with Gasteiger partial charge >= 0.3 is 6.03 Å². The number of fused-ring (bicyclic) bond motifs is 1. The summed E-state index contributed by atoms with van der Waals surface area (Å²) in [6.45, 7) is 13.0. The third-order valence-electron chi connectivity index (χ3n) is 4.91. The average molecular weight is 267 g/mol. The first-order valence-electron chi connectivity index (χ1n) is 7.66. The van der Waals surface area contributed by atoms with Crippen LogP contribution in [0, 0.1) is 11.8 Å². The molecule has 0 radical (unpaired) electrons. The van der Waals surface area contributed by atoms with E-state index >= 15 is 0 Å². The molecule has 4 heteroatoms. The summed E-state index contributed by atoms with van der Waals surface area (Å²) in [5, 5.41) is 0. The van der Waals surface area contributed by atoms with Crippen LogP contribution in [-0.4, -0.2) is 66.0 Å². The van der Waals surface area contributed by atoms with E-state index in [0.717, 1.165) is 25.6 Å². The largest absolute Gasteiger partial charge is 0.325 e. The Hall–Kier alpha value is -0.770. The van der Waals surface area contributed by atoms with E-state index in [0.29, 0.717) is 12.0 Å². The minimum absolute atomic E-state index is 0.209. The highest BCUT2D eigenvalue weighted by Crippen LogP contribution is 2.32. The van der Waals surface area contributed by atoms with E-state index in [1.165, 1.54) is 13.0 Å². The smallest absolute Gasteiger partial charge is 0.319 e. The normalized spacial score (nSPS) is 28.1. The van der Waals surface area contributed by atoms with Crippen molar-refractivity contribution in [3.8, 4) is 0 Å². The van der Waals surface area contributed by atoms with Crippen molar-refractivity contribution < 1.29 is 4.79 Å². The molecule has 110 valence electrons. The molecule has 2 aliphatic heterocycles. The average Bonchev–Trinajstić information content (AvgIpc) is 2.79. The van der Waals surface area contributed by atoms with Gasteiger partial charge in [0.1, 0.15) is 0 Å². The van der Waals surface area contributed by atoms with Crippen molar-refractivity contribution in [2.75, 3.05) is 33.2 Å². The van der Waals surface area contributed by atoms with Crippen molar-refractivity contribution in [2.45, 2.75) is 46.2 Å². The number of hydrogen-bond donors (Lipinski definition) is 0. The number of likely N-dealkylation sites (tertiary alicyclic amines) is 2. The summed E-state index contributed by atoms with van der Waals surface area (Å²) in [5.74, 6) is 1.40. The van der Waals surface area contributed by atoms with Crippen LogP contribution < -0.4 is 0 Å². The maximum atomic E-state index is 12.4. The van der Waals surface area contributed by atoms with Gasteiger partial charge in [0.2, 0.25) is 0 Å².